The fraction of sp³-hybridized carbons (Fsp3) is 0.190. The highest BCUT2D eigenvalue weighted by Gasteiger charge is 2.06. The van der Waals surface area contributed by atoms with Crippen LogP contribution < -0.4 is 0 Å². The van der Waals surface area contributed by atoms with Crippen LogP contribution in [0.1, 0.15) is 23.6 Å². The molecule has 3 rings (SSSR count). The first kappa shape index (κ1) is 16.2. The van der Waals surface area contributed by atoms with Crippen LogP contribution in [0.2, 0.25) is 0 Å². The number of rotatable bonds is 5. The Morgan fingerprint density at radius 3 is 2.25 bits per heavy atom. The number of aryl methyl sites for hydroxylation is 2. The topological polar surface area (TPSA) is 40.5 Å². The highest BCUT2D eigenvalue weighted by molar-refractivity contribution is 5.83. The lowest BCUT2D eigenvalue weighted by atomic mass is 10.00. The van der Waals surface area contributed by atoms with Crippen LogP contribution in [0, 0.1) is 0 Å². The van der Waals surface area contributed by atoms with Crippen molar-refractivity contribution in [2.24, 2.45) is 0 Å². The van der Waals surface area contributed by atoms with Crippen molar-refractivity contribution >= 4 is 16.7 Å². The summed E-state index contributed by atoms with van der Waals surface area (Å²) in [4.78, 5) is 11.1. The summed E-state index contributed by atoms with van der Waals surface area (Å²) in [5.74, 6) is -0.350. The van der Waals surface area contributed by atoms with E-state index in [9.17, 15) is 10.0 Å². The van der Waals surface area contributed by atoms with Gasteiger partial charge in [0.05, 0.1) is 6.54 Å². The average molecular weight is 319 g/mol. The number of fused-ring (bicyclic) bond motifs is 1. The molecule has 122 valence electrons. The van der Waals surface area contributed by atoms with E-state index in [0.717, 1.165) is 23.5 Å². The van der Waals surface area contributed by atoms with E-state index in [4.69, 9.17) is 0 Å². The Morgan fingerprint density at radius 1 is 0.833 bits per heavy atom. The first-order valence-corrected chi connectivity index (χ1v) is 8.14. The average Bonchev–Trinajstić information content (AvgIpc) is 2.60. The monoisotopic (exact) mass is 319 g/mol. The second-order valence-corrected chi connectivity index (χ2v) is 6.08. The molecule has 1 N–H and O–H groups in total. The molecule has 0 atom stereocenters. The third kappa shape index (κ3) is 4.00. The molecule has 1 amide bonds. The first-order chi connectivity index (χ1) is 11.6. The Hall–Kier alpha value is -2.65. The summed E-state index contributed by atoms with van der Waals surface area (Å²) in [5.41, 5.74) is 3.45. The van der Waals surface area contributed by atoms with Crippen molar-refractivity contribution in [3.63, 3.8) is 0 Å². The lowest BCUT2D eigenvalue weighted by Crippen LogP contribution is -2.23. The number of hydroxylamine groups is 2. The molecule has 0 saturated heterocycles. The zero-order valence-corrected chi connectivity index (χ0v) is 13.8. The van der Waals surface area contributed by atoms with Crippen molar-refractivity contribution in [1.29, 1.82) is 0 Å². The molecule has 0 unspecified atom stereocenters. The molecule has 0 fully saturated rings. The molecule has 3 aromatic rings. The molecule has 3 aromatic carbocycles. The Kier molecular flexibility index (Phi) is 4.92. The molecule has 0 aliphatic heterocycles. The molecule has 3 nitrogen and oxygen atoms in total. The van der Waals surface area contributed by atoms with Crippen LogP contribution in [-0.4, -0.2) is 16.2 Å². The van der Waals surface area contributed by atoms with Gasteiger partial charge in [0.25, 0.3) is 0 Å². The van der Waals surface area contributed by atoms with Gasteiger partial charge in [-0.25, -0.2) is 5.06 Å². The van der Waals surface area contributed by atoms with Crippen LogP contribution >= 0.6 is 0 Å². The van der Waals surface area contributed by atoms with Crippen LogP contribution in [0.3, 0.4) is 0 Å². The number of hydrogen-bond donors (Lipinski definition) is 1. The van der Waals surface area contributed by atoms with E-state index in [-0.39, 0.29) is 12.5 Å². The van der Waals surface area contributed by atoms with Crippen LogP contribution in [0.5, 0.6) is 0 Å². The molecule has 24 heavy (non-hydrogen) atoms. The molecule has 0 saturated carbocycles. The molecular weight excluding hydrogens is 298 g/mol. The van der Waals surface area contributed by atoms with Gasteiger partial charge in [-0.2, -0.15) is 0 Å². The van der Waals surface area contributed by atoms with E-state index in [1.165, 1.54) is 28.8 Å². The summed E-state index contributed by atoms with van der Waals surface area (Å²) >= 11 is 0. The van der Waals surface area contributed by atoms with Crippen LogP contribution in [-0.2, 0) is 24.2 Å². The minimum absolute atomic E-state index is 0.221. The maximum atomic E-state index is 11.1. The molecule has 0 aliphatic rings. The molecule has 0 radical (unpaired) electrons. The number of carbonyl (C=O) groups excluding carboxylic acids is 1. The number of amides is 1. The summed E-state index contributed by atoms with van der Waals surface area (Å²) in [5, 5.41) is 12.8. The molecule has 3 heteroatoms. The number of nitrogens with zero attached hydrogens (tertiary/aromatic N) is 1. The van der Waals surface area contributed by atoms with Gasteiger partial charge in [0.1, 0.15) is 0 Å². The Labute approximate surface area is 142 Å². The van der Waals surface area contributed by atoms with Gasteiger partial charge in [0.2, 0.25) is 5.91 Å². The van der Waals surface area contributed by atoms with Gasteiger partial charge in [-0.05, 0) is 40.3 Å². The van der Waals surface area contributed by atoms with E-state index < -0.39 is 0 Å². The smallest absolute Gasteiger partial charge is 0.243 e. The largest absolute Gasteiger partial charge is 0.286 e. The van der Waals surface area contributed by atoms with Gasteiger partial charge in [0, 0.05) is 6.92 Å². The summed E-state index contributed by atoms with van der Waals surface area (Å²) in [6.07, 6.45) is 1.89. The Bertz CT molecular complexity index is 857. The second-order valence-electron chi connectivity index (χ2n) is 6.08. The van der Waals surface area contributed by atoms with E-state index in [1.54, 1.807) is 0 Å². The minimum atomic E-state index is -0.350. The summed E-state index contributed by atoms with van der Waals surface area (Å²) in [6, 6.07) is 23.0. The summed E-state index contributed by atoms with van der Waals surface area (Å²) in [6.45, 7) is 1.57. The highest BCUT2D eigenvalue weighted by Crippen LogP contribution is 2.17. The first-order valence-electron chi connectivity index (χ1n) is 8.14. The Balaban J connectivity index is 1.68. The SMILES string of the molecule is CC(=O)N(O)Cc1cccc(CCc2ccc3ccccc3c2)c1. The van der Waals surface area contributed by atoms with Crippen molar-refractivity contribution in [2.75, 3.05) is 0 Å². The molecule has 0 spiro atoms. The van der Waals surface area contributed by atoms with E-state index in [0.29, 0.717) is 0 Å². The second kappa shape index (κ2) is 7.28. The lowest BCUT2D eigenvalue weighted by Gasteiger charge is -2.13. The molecule has 0 heterocycles. The van der Waals surface area contributed by atoms with Crippen molar-refractivity contribution in [2.45, 2.75) is 26.3 Å². The lowest BCUT2D eigenvalue weighted by molar-refractivity contribution is -0.165. The van der Waals surface area contributed by atoms with Crippen molar-refractivity contribution in [1.82, 2.24) is 5.06 Å². The third-order valence-corrected chi connectivity index (χ3v) is 4.20. The van der Waals surface area contributed by atoms with Crippen molar-refractivity contribution < 1.29 is 10.0 Å². The van der Waals surface area contributed by atoms with E-state index in [2.05, 4.69) is 48.5 Å². The molecule has 0 bridgehead atoms. The fourth-order valence-corrected chi connectivity index (χ4v) is 2.85. The normalized spacial score (nSPS) is 10.8. The maximum absolute atomic E-state index is 11.1. The quantitative estimate of drug-likeness (QED) is 0.560. The minimum Gasteiger partial charge on any atom is -0.286 e. The van der Waals surface area contributed by atoms with Crippen LogP contribution in [0.4, 0.5) is 0 Å². The Morgan fingerprint density at radius 2 is 1.50 bits per heavy atom. The van der Waals surface area contributed by atoms with E-state index in [1.807, 2.05) is 18.2 Å². The number of benzene rings is 3. The fourth-order valence-electron chi connectivity index (χ4n) is 2.85. The highest BCUT2D eigenvalue weighted by atomic mass is 16.5. The summed E-state index contributed by atoms with van der Waals surface area (Å²) in [7, 11) is 0. The molecule has 0 aromatic heterocycles. The summed E-state index contributed by atoms with van der Waals surface area (Å²) < 4.78 is 0. The van der Waals surface area contributed by atoms with Gasteiger partial charge in [-0.3, -0.25) is 10.0 Å². The zero-order valence-electron chi connectivity index (χ0n) is 13.8. The van der Waals surface area contributed by atoms with Gasteiger partial charge in [-0.1, -0.05) is 66.7 Å². The van der Waals surface area contributed by atoms with Crippen LogP contribution in [0.25, 0.3) is 10.8 Å². The van der Waals surface area contributed by atoms with Crippen LogP contribution in [0.15, 0.2) is 66.7 Å². The predicted octanol–water partition coefficient (Wildman–Crippen LogP) is 4.36. The van der Waals surface area contributed by atoms with Crippen molar-refractivity contribution in [3.8, 4) is 0 Å². The van der Waals surface area contributed by atoms with Gasteiger partial charge in [0.15, 0.2) is 0 Å². The third-order valence-electron chi connectivity index (χ3n) is 4.20. The zero-order chi connectivity index (χ0) is 16.9. The van der Waals surface area contributed by atoms with Gasteiger partial charge in [-0.15, -0.1) is 0 Å². The number of hydrogen-bond acceptors (Lipinski definition) is 2. The van der Waals surface area contributed by atoms with E-state index >= 15 is 0 Å². The predicted molar refractivity (Wildman–Crippen MR) is 95.8 cm³/mol. The molecular formula is C21H21NO2. The number of carbonyl (C=O) groups is 1. The standard InChI is InChI=1S/C21H21NO2/c1-16(23)22(24)15-19-6-4-5-17(13-19)9-10-18-11-12-20-7-2-3-8-21(20)14-18/h2-8,11-14,24H,9-10,15H2,1H3. The maximum Gasteiger partial charge on any atom is 0.243 e. The molecule has 0 aliphatic carbocycles. The van der Waals surface area contributed by atoms with Gasteiger partial charge >= 0.3 is 0 Å². The van der Waals surface area contributed by atoms with Crippen molar-refractivity contribution in [3.05, 3.63) is 83.4 Å². The van der Waals surface area contributed by atoms with Gasteiger partial charge < -0.3 is 0 Å².